The van der Waals surface area contributed by atoms with E-state index < -0.39 is 35.7 Å². The second kappa shape index (κ2) is 16.1. The molecular formula is C37H55N5O7. The summed E-state index contributed by atoms with van der Waals surface area (Å²) in [5, 5.41) is 55.0. The third-order valence-electron chi connectivity index (χ3n) is 11.1. The van der Waals surface area contributed by atoms with Crippen LogP contribution in [0, 0.1) is 29.1 Å². The van der Waals surface area contributed by atoms with Gasteiger partial charge in [-0.1, -0.05) is 30.4 Å². The quantitative estimate of drug-likeness (QED) is 0.0741. The lowest BCUT2D eigenvalue weighted by Gasteiger charge is -2.43. The van der Waals surface area contributed by atoms with E-state index in [1.54, 1.807) is 19.2 Å². The molecule has 49 heavy (non-hydrogen) atoms. The summed E-state index contributed by atoms with van der Waals surface area (Å²) in [6.45, 7) is 2.56. The Hall–Kier alpha value is -3.34. The van der Waals surface area contributed by atoms with Gasteiger partial charge in [0.1, 0.15) is 12.2 Å². The predicted molar refractivity (Wildman–Crippen MR) is 187 cm³/mol. The number of aliphatic imine (C=N–C) groups is 1. The number of hydrogen-bond donors (Lipinski definition) is 8. The Labute approximate surface area is 289 Å². The minimum Gasteiger partial charge on any atom is -0.504 e. The monoisotopic (exact) mass is 681 g/mol. The van der Waals surface area contributed by atoms with Crippen molar-refractivity contribution in [1.82, 2.24) is 16.0 Å². The van der Waals surface area contributed by atoms with Crippen molar-refractivity contribution in [3.8, 4) is 23.3 Å². The normalized spacial score (nSPS) is 35.2. The summed E-state index contributed by atoms with van der Waals surface area (Å²) < 4.78 is 12.5. The van der Waals surface area contributed by atoms with Gasteiger partial charge in [0.2, 0.25) is 0 Å². The average molecular weight is 682 g/mol. The van der Waals surface area contributed by atoms with E-state index in [1.807, 2.05) is 19.2 Å². The number of nitrogens with zero attached hydrogens (tertiary/aromatic N) is 1. The van der Waals surface area contributed by atoms with E-state index in [1.165, 1.54) is 6.92 Å². The number of hydrogen-bond acceptors (Lipinski definition) is 10. The number of aliphatic hydroxyl groups excluding tert-OH is 3. The second-order valence-electron chi connectivity index (χ2n) is 14.4. The van der Waals surface area contributed by atoms with Crippen LogP contribution in [0.4, 0.5) is 0 Å². The van der Waals surface area contributed by atoms with Gasteiger partial charge in [-0.25, -0.2) is 0 Å². The number of piperidine rings is 1. The molecule has 12 heteroatoms. The zero-order valence-corrected chi connectivity index (χ0v) is 29.1. The molecule has 0 aromatic heterocycles. The fraction of sp³-hybridized carbons (Fsp3) is 0.676. The molecule has 2 heterocycles. The van der Waals surface area contributed by atoms with Crippen molar-refractivity contribution in [3.63, 3.8) is 0 Å². The molecule has 1 fully saturated rings. The van der Waals surface area contributed by atoms with Crippen LogP contribution in [0.25, 0.3) is 0 Å². The van der Waals surface area contributed by atoms with Gasteiger partial charge in [-0.3, -0.25) is 9.79 Å². The Morgan fingerprint density at radius 3 is 2.80 bits per heavy atom. The van der Waals surface area contributed by atoms with Crippen LogP contribution in [0.1, 0.15) is 75.8 Å². The largest absolute Gasteiger partial charge is 0.504 e. The van der Waals surface area contributed by atoms with E-state index in [-0.39, 0.29) is 48.2 Å². The van der Waals surface area contributed by atoms with Crippen molar-refractivity contribution in [2.24, 2.45) is 28.0 Å². The summed E-state index contributed by atoms with van der Waals surface area (Å²) in [7, 11) is 3.54. The maximum absolute atomic E-state index is 12.6. The van der Waals surface area contributed by atoms with Gasteiger partial charge in [0.05, 0.1) is 30.3 Å². The van der Waals surface area contributed by atoms with Crippen LogP contribution in [-0.2, 0) is 22.6 Å². The molecule has 1 aromatic carbocycles. The molecule has 0 amide bonds. The number of guanidine groups is 1. The standard InChI is InChI=1S/C37H55N5O7/c1-23(44)48-31-19-27(45)10-14-37(33(42-35(38)40-3)7-4-8-34(37)47)13-9-24-6-5-12-36(22-39-2)20-28(11-15-41-36)49-32-18-25(16-29(24)31)26(21-43)17-30(32)46/h4,7,17-18,24,27-29,31,33-34,39,41,43,45-47H,5-6,8,10-12,14-16,19-22H2,1-3H3,(H3,38,40,42). The van der Waals surface area contributed by atoms with Gasteiger partial charge in [0, 0.05) is 50.7 Å². The number of phenols is 1. The first-order valence-electron chi connectivity index (χ1n) is 17.7. The first-order valence-corrected chi connectivity index (χ1v) is 17.7. The minimum atomic E-state index is -0.966. The van der Waals surface area contributed by atoms with Gasteiger partial charge >= 0.3 is 5.97 Å². The SMILES string of the molecule is CN=C(N)NC1C=CCC(O)C12C#CC1CCCC3(CNC)CC(CCN3)Oc3cc(c(CO)cc3O)CC1C(OC(C)=O)CC(O)CC2. The molecule has 0 radical (unpaired) electrons. The summed E-state index contributed by atoms with van der Waals surface area (Å²) in [4.78, 5) is 16.7. The molecule has 0 saturated carbocycles. The first kappa shape index (κ1) is 36.9. The number of likely N-dealkylation sites (N-methyl/N-ethyl adjacent to an activating group) is 1. The number of nitrogens with two attached hydrogens (primary N) is 1. The van der Waals surface area contributed by atoms with Crippen molar-refractivity contribution < 1.29 is 34.7 Å². The molecule has 1 aromatic rings. The number of nitrogens with one attached hydrogen (secondary N) is 3. The molecule has 5 rings (SSSR count). The maximum atomic E-state index is 12.6. The average Bonchev–Trinajstić information content (AvgIpc) is 3.06. The molecule has 4 bridgehead atoms. The Morgan fingerprint density at radius 1 is 1.24 bits per heavy atom. The van der Waals surface area contributed by atoms with Crippen LogP contribution >= 0.6 is 0 Å². The second-order valence-corrected chi connectivity index (χ2v) is 14.4. The molecule has 1 saturated heterocycles. The number of carbonyl (C=O) groups is 1. The van der Waals surface area contributed by atoms with Crippen molar-refractivity contribution in [3.05, 3.63) is 35.4 Å². The van der Waals surface area contributed by atoms with Crippen LogP contribution in [-0.4, -0.2) is 95.5 Å². The van der Waals surface area contributed by atoms with Crippen molar-refractivity contribution >= 4 is 11.9 Å². The van der Waals surface area contributed by atoms with Gasteiger partial charge < -0.3 is 51.6 Å². The van der Waals surface area contributed by atoms with E-state index >= 15 is 0 Å². The number of carbonyl (C=O) groups excluding carboxylic acids is 1. The minimum absolute atomic E-state index is 0.0376. The number of benzene rings is 1. The number of fused-ring (bicyclic) bond motifs is 5. The van der Waals surface area contributed by atoms with E-state index in [0.717, 1.165) is 44.3 Å². The molecular weight excluding hydrogens is 626 g/mol. The van der Waals surface area contributed by atoms with Gasteiger partial charge in [0.25, 0.3) is 0 Å². The van der Waals surface area contributed by atoms with Crippen LogP contribution in [0.3, 0.4) is 0 Å². The Morgan fingerprint density at radius 2 is 2.06 bits per heavy atom. The molecule has 2 aliphatic heterocycles. The van der Waals surface area contributed by atoms with Crippen LogP contribution in [0.15, 0.2) is 29.3 Å². The summed E-state index contributed by atoms with van der Waals surface area (Å²) in [5.41, 5.74) is 6.22. The van der Waals surface area contributed by atoms with Crippen LogP contribution in [0.5, 0.6) is 11.5 Å². The summed E-state index contributed by atoms with van der Waals surface area (Å²) >= 11 is 0. The van der Waals surface area contributed by atoms with Crippen molar-refractivity contribution in [2.45, 2.75) is 114 Å². The lowest BCUT2D eigenvalue weighted by atomic mass is 9.66. The molecule has 9 atom stereocenters. The van der Waals surface area contributed by atoms with E-state index in [0.29, 0.717) is 43.4 Å². The first-order chi connectivity index (χ1) is 23.5. The highest BCUT2D eigenvalue weighted by Crippen LogP contribution is 2.42. The molecule has 270 valence electrons. The Bertz CT molecular complexity index is 1440. The zero-order chi connectivity index (χ0) is 35.2. The van der Waals surface area contributed by atoms with Gasteiger partial charge in [-0.2, -0.15) is 0 Å². The van der Waals surface area contributed by atoms with Gasteiger partial charge in [-0.15, -0.1) is 0 Å². The number of esters is 1. The van der Waals surface area contributed by atoms with E-state index in [2.05, 4.69) is 32.8 Å². The number of phenolic OH excluding ortho intramolecular Hbond substituents is 1. The van der Waals surface area contributed by atoms with Crippen molar-refractivity contribution in [1.29, 1.82) is 0 Å². The fourth-order valence-corrected chi connectivity index (χ4v) is 8.49. The summed E-state index contributed by atoms with van der Waals surface area (Å²) in [6.07, 6.45) is 6.89. The van der Waals surface area contributed by atoms with E-state index in [9.17, 15) is 25.2 Å². The topological polar surface area (TPSA) is 191 Å². The molecule has 2 aliphatic carbocycles. The highest BCUT2D eigenvalue weighted by Gasteiger charge is 2.46. The van der Waals surface area contributed by atoms with E-state index in [4.69, 9.17) is 15.2 Å². The summed E-state index contributed by atoms with van der Waals surface area (Å²) in [5.74, 6) is 6.57. The predicted octanol–water partition coefficient (Wildman–Crippen LogP) is 1.62. The lowest BCUT2D eigenvalue weighted by molar-refractivity contribution is -0.152. The number of aliphatic hydroxyl groups is 3. The Balaban J connectivity index is 1.68. The zero-order valence-electron chi connectivity index (χ0n) is 29.1. The molecule has 9 N–H and O–H groups in total. The highest BCUT2D eigenvalue weighted by atomic mass is 16.5. The smallest absolute Gasteiger partial charge is 0.302 e. The molecule has 1 spiro atoms. The molecule has 9 unspecified atom stereocenters. The number of rotatable bonds is 5. The third kappa shape index (κ3) is 8.52. The molecule has 12 nitrogen and oxygen atoms in total. The highest BCUT2D eigenvalue weighted by molar-refractivity contribution is 5.78. The Kier molecular flexibility index (Phi) is 12.2. The number of ether oxygens (including phenoxy) is 2. The molecule has 4 aliphatic rings. The van der Waals surface area contributed by atoms with Crippen LogP contribution in [0.2, 0.25) is 0 Å². The lowest BCUT2D eigenvalue weighted by Crippen LogP contribution is -2.58. The van der Waals surface area contributed by atoms with Crippen molar-refractivity contribution in [2.75, 3.05) is 27.2 Å². The number of aromatic hydroxyl groups is 1. The van der Waals surface area contributed by atoms with Crippen LogP contribution < -0.4 is 26.4 Å². The fourth-order valence-electron chi connectivity index (χ4n) is 8.49. The maximum Gasteiger partial charge on any atom is 0.302 e. The van der Waals surface area contributed by atoms with Gasteiger partial charge in [-0.05, 0) is 81.8 Å². The third-order valence-corrected chi connectivity index (χ3v) is 11.1. The van der Waals surface area contributed by atoms with Gasteiger partial charge in [0.15, 0.2) is 17.5 Å². The summed E-state index contributed by atoms with van der Waals surface area (Å²) in [6, 6.07) is 2.91.